The average molecular weight is 467 g/mol. The second kappa shape index (κ2) is 12.5. The molecule has 4 atom stereocenters. The molecule has 0 unspecified atom stereocenters. The van der Waals surface area contributed by atoms with Crippen molar-refractivity contribution in [1.29, 1.82) is 0 Å². The Hall–Kier alpha value is -2.90. The third kappa shape index (κ3) is 7.30. The fourth-order valence-electron chi connectivity index (χ4n) is 4.58. The highest BCUT2D eigenvalue weighted by molar-refractivity contribution is 5.87. The van der Waals surface area contributed by atoms with Crippen LogP contribution in [0.3, 0.4) is 0 Å². The minimum absolute atomic E-state index is 0.0495. The Kier molecular flexibility index (Phi) is 9.48. The minimum atomic E-state index is -0.787. The quantitative estimate of drug-likeness (QED) is 0.408. The summed E-state index contributed by atoms with van der Waals surface area (Å²) in [7, 11) is 0. The molecule has 34 heavy (non-hydrogen) atoms. The van der Waals surface area contributed by atoms with Crippen molar-refractivity contribution < 1.29 is 14.7 Å². The van der Waals surface area contributed by atoms with E-state index in [0.717, 1.165) is 17.5 Å². The summed E-state index contributed by atoms with van der Waals surface area (Å²) in [6.45, 7) is 5.08. The number of carbonyl (C=O) groups excluding carboxylic acids is 2. The predicted molar refractivity (Wildman–Crippen MR) is 134 cm³/mol. The van der Waals surface area contributed by atoms with Gasteiger partial charge in [0, 0.05) is 25.2 Å². The van der Waals surface area contributed by atoms with Gasteiger partial charge in [0.1, 0.15) is 6.04 Å². The summed E-state index contributed by atoms with van der Waals surface area (Å²) >= 11 is 0. The molecule has 0 spiro atoms. The Balaban J connectivity index is 1.72. The number of benzene rings is 2. The molecule has 1 fully saturated rings. The van der Waals surface area contributed by atoms with Crippen molar-refractivity contribution in [2.75, 3.05) is 13.1 Å². The fraction of sp³-hybridized carbons (Fsp3) is 0.481. The first kappa shape index (κ1) is 25.7. The van der Waals surface area contributed by atoms with E-state index in [1.54, 1.807) is 4.90 Å². The molecule has 3 rings (SSSR count). The van der Waals surface area contributed by atoms with E-state index in [1.807, 2.05) is 74.5 Å². The molecule has 0 aliphatic carbocycles. The van der Waals surface area contributed by atoms with E-state index in [2.05, 4.69) is 10.6 Å². The molecule has 1 heterocycles. The van der Waals surface area contributed by atoms with E-state index < -0.39 is 18.2 Å². The molecule has 1 saturated heterocycles. The number of urea groups is 1. The van der Waals surface area contributed by atoms with Gasteiger partial charge in [0.2, 0.25) is 5.91 Å². The summed E-state index contributed by atoms with van der Waals surface area (Å²) in [6.07, 6.45) is 1.47. The molecule has 0 radical (unpaired) electrons. The topological polar surface area (TPSA) is 108 Å². The first-order chi connectivity index (χ1) is 16.3. The van der Waals surface area contributed by atoms with Crippen LogP contribution in [0.15, 0.2) is 60.7 Å². The van der Waals surface area contributed by atoms with Gasteiger partial charge >= 0.3 is 6.03 Å². The first-order valence-electron chi connectivity index (χ1n) is 12.2. The Bertz CT molecular complexity index is 907. The third-order valence-electron chi connectivity index (χ3n) is 6.35. The molecular formula is C27H38N4O3. The van der Waals surface area contributed by atoms with E-state index in [1.165, 1.54) is 0 Å². The van der Waals surface area contributed by atoms with E-state index in [4.69, 9.17) is 5.73 Å². The lowest BCUT2D eigenvalue weighted by Crippen LogP contribution is -2.59. The molecule has 1 aliphatic rings. The van der Waals surface area contributed by atoms with E-state index in [0.29, 0.717) is 32.4 Å². The second-order valence-corrected chi connectivity index (χ2v) is 9.52. The Morgan fingerprint density at radius 2 is 1.65 bits per heavy atom. The highest BCUT2D eigenvalue weighted by atomic mass is 16.3. The number of nitrogens with zero attached hydrogens (tertiary/aromatic N) is 1. The van der Waals surface area contributed by atoms with Crippen molar-refractivity contribution in [3.8, 4) is 0 Å². The maximum absolute atomic E-state index is 13.4. The van der Waals surface area contributed by atoms with Gasteiger partial charge < -0.3 is 26.4 Å². The molecule has 5 N–H and O–H groups in total. The number of carbonyl (C=O) groups is 2. The van der Waals surface area contributed by atoms with E-state index in [-0.39, 0.29) is 23.9 Å². The van der Waals surface area contributed by atoms with Crippen molar-refractivity contribution in [2.24, 2.45) is 11.7 Å². The number of hydrogen-bond acceptors (Lipinski definition) is 4. The molecule has 7 heteroatoms. The molecule has 2 aromatic carbocycles. The molecule has 2 aromatic rings. The van der Waals surface area contributed by atoms with Crippen molar-refractivity contribution in [2.45, 2.75) is 63.8 Å². The number of aliphatic hydroxyl groups excluding tert-OH is 1. The van der Waals surface area contributed by atoms with Gasteiger partial charge in [0.25, 0.3) is 0 Å². The SMILES string of the molecule is CC(C)[C@H](C(=O)N[C@@H](Cc1ccccc1)C[C@H](O)[C@@H](N)Cc1ccccc1)N1CCCNC1=O. The van der Waals surface area contributed by atoms with Crippen LogP contribution in [0.2, 0.25) is 0 Å². The second-order valence-electron chi connectivity index (χ2n) is 9.52. The minimum Gasteiger partial charge on any atom is -0.391 e. The standard InChI is InChI=1S/C27H38N4O3/c1-19(2)25(31-15-9-14-29-27(31)34)26(33)30-22(16-20-10-5-3-6-11-20)18-24(32)23(28)17-21-12-7-4-8-13-21/h3-8,10-13,19,22-25,32H,9,14-18,28H2,1-2H3,(H,29,34)(H,30,33)/t22-,23-,24-,25+/m0/s1. The van der Waals surface area contributed by atoms with Gasteiger partial charge in [0.15, 0.2) is 0 Å². The normalized spacial score (nSPS) is 17.6. The van der Waals surface area contributed by atoms with Crippen LogP contribution in [0.1, 0.15) is 37.8 Å². The van der Waals surface area contributed by atoms with Crippen LogP contribution < -0.4 is 16.4 Å². The number of amides is 3. The predicted octanol–water partition coefficient (Wildman–Crippen LogP) is 2.47. The van der Waals surface area contributed by atoms with Gasteiger partial charge in [-0.1, -0.05) is 74.5 Å². The summed E-state index contributed by atoms with van der Waals surface area (Å²) in [4.78, 5) is 27.5. The van der Waals surface area contributed by atoms with Crippen LogP contribution in [0.4, 0.5) is 4.79 Å². The molecule has 7 nitrogen and oxygen atoms in total. The highest BCUT2D eigenvalue weighted by Gasteiger charge is 2.35. The van der Waals surface area contributed by atoms with Gasteiger partial charge in [-0.2, -0.15) is 0 Å². The Morgan fingerprint density at radius 1 is 1.06 bits per heavy atom. The number of nitrogens with one attached hydrogen (secondary N) is 2. The van der Waals surface area contributed by atoms with Crippen LogP contribution in [0.5, 0.6) is 0 Å². The van der Waals surface area contributed by atoms with Crippen molar-refractivity contribution in [3.63, 3.8) is 0 Å². The largest absolute Gasteiger partial charge is 0.391 e. The molecule has 0 aromatic heterocycles. The number of rotatable bonds is 11. The zero-order valence-corrected chi connectivity index (χ0v) is 20.2. The average Bonchev–Trinajstić information content (AvgIpc) is 2.81. The maximum Gasteiger partial charge on any atom is 0.318 e. The highest BCUT2D eigenvalue weighted by Crippen LogP contribution is 2.17. The van der Waals surface area contributed by atoms with Crippen molar-refractivity contribution >= 4 is 11.9 Å². The number of hydrogen-bond donors (Lipinski definition) is 4. The maximum atomic E-state index is 13.4. The first-order valence-corrected chi connectivity index (χ1v) is 12.2. The summed E-state index contributed by atoms with van der Waals surface area (Å²) < 4.78 is 0. The lowest BCUT2D eigenvalue weighted by Gasteiger charge is -2.37. The Morgan fingerprint density at radius 3 is 2.21 bits per heavy atom. The number of nitrogens with two attached hydrogens (primary N) is 1. The van der Waals surface area contributed by atoms with Crippen LogP contribution in [-0.4, -0.2) is 59.3 Å². The molecule has 0 bridgehead atoms. The number of aliphatic hydroxyl groups is 1. The lowest BCUT2D eigenvalue weighted by atomic mass is 9.93. The lowest BCUT2D eigenvalue weighted by molar-refractivity contribution is -0.128. The van der Waals surface area contributed by atoms with Gasteiger partial charge in [0.05, 0.1) is 6.10 Å². The molecule has 184 valence electrons. The van der Waals surface area contributed by atoms with Gasteiger partial charge in [-0.3, -0.25) is 4.79 Å². The van der Waals surface area contributed by atoms with Crippen molar-refractivity contribution in [3.05, 3.63) is 71.8 Å². The van der Waals surface area contributed by atoms with E-state index in [9.17, 15) is 14.7 Å². The van der Waals surface area contributed by atoms with Gasteiger partial charge in [-0.15, -0.1) is 0 Å². The zero-order chi connectivity index (χ0) is 24.5. The van der Waals surface area contributed by atoms with Crippen LogP contribution in [0, 0.1) is 5.92 Å². The summed E-state index contributed by atoms with van der Waals surface area (Å²) in [5.41, 5.74) is 8.47. The summed E-state index contributed by atoms with van der Waals surface area (Å²) in [5, 5.41) is 16.9. The zero-order valence-electron chi connectivity index (χ0n) is 20.2. The van der Waals surface area contributed by atoms with Crippen LogP contribution >= 0.6 is 0 Å². The molecule has 3 amide bonds. The van der Waals surface area contributed by atoms with Gasteiger partial charge in [-0.05, 0) is 42.7 Å². The molecule has 1 aliphatic heterocycles. The smallest absolute Gasteiger partial charge is 0.318 e. The summed E-state index contributed by atoms with van der Waals surface area (Å²) in [6, 6.07) is 18.2. The van der Waals surface area contributed by atoms with E-state index >= 15 is 0 Å². The fourth-order valence-corrected chi connectivity index (χ4v) is 4.58. The summed E-state index contributed by atoms with van der Waals surface area (Å²) in [5.74, 6) is -0.247. The molecule has 0 saturated carbocycles. The van der Waals surface area contributed by atoms with Gasteiger partial charge in [-0.25, -0.2) is 4.79 Å². The van der Waals surface area contributed by atoms with Crippen LogP contribution in [0.25, 0.3) is 0 Å². The third-order valence-corrected chi connectivity index (χ3v) is 6.35. The monoisotopic (exact) mass is 466 g/mol. The Labute approximate surface area is 202 Å². The molecular weight excluding hydrogens is 428 g/mol. The van der Waals surface area contributed by atoms with Crippen LogP contribution in [-0.2, 0) is 17.6 Å². The van der Waals surface area contributed by atoms with Crippen molar-refractivity contribution in [1.82, 2.24) is 15.5 Å².